The smallest absolute Gasteiger partial charge is 0.225 e. The average molecular weight is 425 g/mol. The number of nitrogens with two attached hydrogens (primary N) is 1. The van der Waals surface area contributed by atoms with E-state index in [0.717, 1.165) is 24.2 Å². The number of nitrogens with one attached hydrogen (secondary N) is 1. The Morgan fingerprint density at radius 3 is 2.63 bits per heavy atom. The van der Waals surface area contributed by atoms with E-state index in [1.807, 2.05) is 28.8 Å². The summed E-state index contributed by atoms with van der Waals surface area (Å²) in [6.07, 6.45) is 3.46. The lowest BCUT2D eigenvalue weighted by atomic mass is 10.2. The lowest BCUT2D eigenvalue weighted by Crippen LogP contribution is -2.08. The van der Waals surface area contributed by atoms with Gasteiger partial charge in [0.05, 0.1) is 11.2 Å². The van der Waals surface area contributed by atoms with E-state index in [1.54, 1.807) is 24.4 Å². The number of fused-ring (bicyclic) bond motifs is 1. The summed E-state index contributed by atoms with van der Waals surface area (Å²) in [5, 5.41) is 3.72. The molecule has 2 heterocycles. The number of imidazole rings is 1. The monoisotopic (exact) mass is 424 g/mol. The first-order valence-corrected chi connectivity index (χ1v) is 10.2. The molecule has 154 valence electrons. The zero-order valence-electron chi connectivity index (χ0n) is 16.4. The van der Waals surface area contributed by atoms with Crippen LogP contribution in [-0.4, -0.2) is 26.1 Å². The van der Waals surface area contributed by atoms with Gasteiger partial charge >= 0.3 is 0 Å². The van der Waals surface area contributed by atoms with Crippen molar-refractivity contribution in [2.24, 2.45) is 5.73 Å². The van der Waals surface area contributed by atoms with Crippen LogP contribution in [0.2, 0.25) is 5.02 Å². The molecule has 0 saturated heterocycles. The molecule has 0 saturated carbocycles. The number of unbranched alkanes of at least 4 members (excludes halogenated alkanes) is 1. The van der Waals surface area contributed by atoms with Crippen molar-refractivity contribution in [3.05, 3.63) is 71.1 Å². The Balaban J connectivity index is 1.70. The van der Waals surface area contributed by atoms with E-state index in [2.05, 4.69) is 15.3 Å². The molecule has 30 heavy (non-hydrogen) atoms. The lowest BCUT2D eigenvalue weighted by Gasteiger charge is -2.10. The summed E-state index contributed by atoms with van der Waals surface area (Å²) in [6.45, 7) is 1.62. The third-order valence-corrected chi connectivity index (χ3v) is 5.16. The topological polar surface area (TPSA) is 81.7 Å². The van der Waals surface area contributed by atoms with Gasteiger partial charge in [0.25, 0.3) is 0 Å². The van der Waals surface area contributed by atoms with Gasteiger partial charge in [-0.1, -0.05) is 41.9 Å². The predicted molar refractivity (Wildman–Crippen MR) is 118 cm³/mol. The highest BCUT2D eigenvalue weighted by Gasteiger charge is 2.17. The number of halogens is 2. The van der Waals surface area contributed by atoms with Crippen molar-refractivity contribution in [3.8, 4) is 11.4 Å². The van der Waals surface area contributed by atoms with Crippen molar-refractivity contribution in [1.29, 1.82) is 0 Å². The second kappa shape index (κ2) is 9.19. The van der Waals surface area contributed by atoms with Crippen molar-refractivity contribution >= 4 is 28.7 Å². The third kappa shape index (κ3) is 4.27. The second-order valence-corrected chi connectivity index (χ2v) is 7.32. The van der Waals surface area contributed by atoms with Gasteiger partial charge in [0.1, 0.15) is 17.2 Å². The van der Waals surface area contributed by atoms with E-state index in [4.69, 9.17) is 22.3 Å². The van der Waals surface area contributed by atoms with Crippen molar-refractivity contribution in [2.45, 2.75) is 25.9 Å². The molecule has 2 aromatic heterocycles. The molecule has 8 heteroatoms. The third-order valence-electron chi connectivity index (χ3n) is 4.83. The fourth-order valence-corrected chi connectivity index (χ4v) is 3.51. The molecule has 0 radical (unpaired) electrons. The SMILES string of the molecule is NCCCCn1c(-c2ccccc2Cl)nc2cnc(NCc3ccccc3F)nc21. The number of hydrogen-bond acceptors (Lipinski definition) is 5. The largest absolute Gasteiger partial charge is 0.350 e. The maximum absolute atomic E-state index is 13.9. The van der Waals surface area contributed by atoms with Crippen LogP contribution in [0.4, 0.5) is 10.3 Å². The second-order valence-electron chi connectivity index (χ2n) is 6.91. The maximum atomic E-state index is 13.9. The number of aromatic nitrogens is 4. The number of anilines is 1. The molecule has 0 atom stereocenters. The summed E-state index contributed by atoms with van der Waals surface area (Å²) in [7, 11) is 0. The Morgan fingerprint density at radius 1 is 1.03 bits per heavy atom. The number of aryl methyl sites for hydroxylation is 1. The molecule has 0 bridgehead atoms. The molecule has 3 N–H and O–H groups in total. The van der Waals surface area contributed by atoms with Crippen molar-refractivity contribution in [1.82, 2.24) is 19.5 Å². The summed E-state index contributed by atoms with van der Waals surface area (Å²) < 4.78 is 15.9. The van der Waals surface area contributed by atoms with E-state index in [1.165, 1.54) is 6.07 Å². The fourth-order valence-electron chi connectivity index (χ4n) is 3.29. The van der Waals surface area contributed by atoms with Crippen molar-refractivity contribution in [2.75, 3.05) is 11.9 Å². The Kier molecular flexibility index (Phi) is 6.21. The van der Waals surface area contributed by atoms with E-state index in [9.17, 15) is 4.39 Å². The van der Waals surface area contributed by atoms with Crippen LogP contribution in [0, 0.1) is 5.82 Å². The van der Waals surface area contributed by atoms with Gasteiger partial charge in [-0.3, -0.25) is 0 Å². The number of benzene rings is 2. The van der Waals surface area contributed by atoms with Crippen LogP contribution >= 0.6 is 11.6 Å². The summed E-state index contributed by atoms with van der Waals surface area (Å²) in [5.74, 6) is 0.892. The minimum Gasteiger partial charge on any atom is -0.350 e. The Labute approximate surface area is 178 Å². The van der Waals surface area contributed by atoms with Gasteiger partial charge in [0.15, 0.2) is 5.65 Å². The molecule has 0 aliphatic carbocycles. The lowest BCUT2D eigenvalue weighted by molar-refractivity contribution is 0.612. The zero-order chi connectivity index (χ0) is 20.9. The molecule has 6 nitrogen and oxygen atoms in total. The minimum absolute atomic E-state index is 0.265. The molecular weight excluding hydrogens is 403 g/mol. The van der Waals surface area contributed by atoms with Crippen LogP contribution in [-0.2, 0) is 13.1 Å². The van der Waals surface area contributed by atoms with Gasteiger partial charge < -0.3 is 15.6 Å². The number of hydrogen-bond donors (Lipinski definition) is 2. The van der Waals surface area contributed by atoms with Crippen LogP contribution < -0.4 is 11.1 Å². The van der Waals surface area contributed by atoms with E-state index in [0.29, 0.717) is 40.8 Å². The minimum atomic E-state index is -0.265. The van der Waals surface area contributed by atoms with Crippen LogP contribution in [0.25, 0.3) is 22.6 Å². The van der Waals surface area contributed by atoms with Crippen LogP contribution in [0.3, 0.4) is 0 Å². The summed E-state index contributed by atoms with van der Waals surface area (Å²) in [6, 6.07) is 14.2. The average Bonchev–Trinajstić information content (AvgIpc) is 3.11. The summed E-state index contributed by atoms with van der Waals surface area (Å²) in [5.41, 5.74) is 8.44. The van der Waals surface area contributed by atoms with Gasteiger partial charge in [0.2, 0.25) is 5.95 Å². The first kappa shape index (κ1) is 20.3. The Hall–Kier alpha value is -3.03. The highest BCUT2D eigenvalue weighted by Crippen LogP contribution is 2.30. The molecule has 0 amide bonds. The molecule has 0 aliphatic rings. The molecule has 0 aliphatic heterocycles. The molecule has 4 rings (SSSR count). The van der Waals surface area contributed by atoms with Crippen LogP contribution in [0.1, 0.15) is 18.4 Å². The molecule has 0 unspecified atom stereocenters. The van der Waals surface area contributed by atoms with Gasteiger partial charge in [-0.05, 0) is 37.6 Å². The Bertz CT molecular complexity index is 1160. The maximum Gasteiger partial charge on any atom is 0.225 e. The molecule has 2 aromatic carbocycles. The molecule has 0 spiro atoms. The van der Waals surface area contributed by atoms with E-state index >= 15 is 0 Å². The fraction of sp³-hybridized carbons (Fsp3) is 0.227. The molecule has 0 fully saturated rings. The van der Waals surface area contributed by atoms with Crippen molar-refractivity contribution < 1.29 is 4.39 Å². The van der Waals surface area contributed by atoms with Crippen LogP contribution in [0.15, 0.2) is 54.7 Å². The first-order chi connectivity index (χ1) is 14.7. The van der Waals surface area contributed by atoms with Gasteiger partial charge in [-0.15, -0.1) is 0 Å². The van der Waals surface area contributed by atoms with Gasteiger partial charge in [0, 0.05) is 24.2 Å². The van der Waals surface area contributed by atoms with Gasteiger partial charge in [-0.25, -0.2) is 14.4 Å². The quantitative estimate of drug-likeness (QED) is 0.403. The highest BCUT2D eigenvalue weighted by molar-refractivity contribution is 6.33. The number of nitrogens with zero attached hydrogens (tertiary/aromatic N) is 4. The first-order valence-electron chi connectivity index (χ1n) is 9.83. The number of rotatable bonds is 8. The predicted octanol–water partition coefficient (Wildman–Crippen LogP) is 4.64. The molecular formula is C22H22ClFN6. The van der Waals surface area contributed by atoms with Crippen LogP contribution in [0.5, 0.6) is 0 Å². The summed E-state index contributed by atoms with van der Waals surface area (Å²) in [4.78, 5) is 13.7. The summed E-state index contributed by atoms with van der Waals surface area (Å²) >= 11 is 6.43. The highest BCUT2D eigenvalue weighted by atomic mass is 35.5. The van der Waals surface area contributed by atoms with Gasteiger partial charge in [-0.2, -0.15) is 4.98 Å². The zero-order valence-corrected chi connectivity index (χ0v) is 17.1. The molecule has 4 aromatic rings. The Morgan fingerprint density at radius 2 is 1.83 bits per heavy atom. The van der Waals surface area contributed by atoms with Crippen molar-refractivity contribution in [3.63, 3.8) is 0 Å². The normalized spacial score (nSPS) is 11.2. The standard InChI is InChI=1S/C22H22ClFN6/c23-17-9-3-2-8-16(17)20-28-19-14-27-22(26-13-15-7-1-4-10-18(15)24)29-21(19)30(20)12-6-5-11-25/h1-4,7-10,14H,5-6,11-13,25H2,(H,26,27,29). The van der Waals surface area contributed by atoms with E-state index in [-0.39, 0.29) is 12.4 Å². The van der Waals surface area contributed by atoms with E-state index < -0.39 is 0 Å².